The molecule has 0 radical (unpaired) electrons. The van der Waals surface area contributed by atoms with Crippen LogP contribution in [0.5, 0.6) is 11.5 Å². The minimum absolute atomic E-state index is 0.0237. The van der Waals surface area contributed by atoms with Crippen LogP contribution < -0.4 is 9.47 Å². The van der Waals surface area contributed by atoms with Gasteiger partial charge in [0.25, 0.3) is 0 Å². The Morgan fingerprint density at radius 2 is 2.12 bits per heavy atom. The number of carbonyl (C=O) groups excluding carboxylic acids is 1. The molecule has 0 saturated carbocycles. The zero-order chi connectivity index (χ0) is 17.1. The number of halogens is 1. The van der Waals surface area contributed by atoms with Crippen molar-refractivity contribution in [1.82, 2.24) is 4.90 Å². The van der Waals surface area contributed by atoms with Crippen LogP contribution in [0.2, 0.25) is 5.02 Å². The van der Waals surface area contributed by atoms with E-state index in [9.17, 15) is 4.79 Å². The number of carbonyl (C=O) groups is 1. The molecule has 1 unspecified atom stereocenters. The first-order valence-electron chi connectivity index (χ1n) is 7.93. The third-order valence-electron chi connectivity index (χ3n) is 4.15. The Labute approximate surface area is 146 Å². The molecule has 3 rings (SSSR count). The van der Waals surface area contributed by atoms with E-state index in [2.05, 4.69) is 0 Å². The molecule has 128 valence electrons. The van der Waals surface area contributed by atoms with Crippen LogP contribution in [-0.2, 0) is 11.2 Å². The molecule has 24 heavy (non-hydrogen) atoms. The molecular weight excluding hydrogens is 330 g/mol. The Hall–Kier alpha value is -2.14. The van der Waals surface area contributed by atoms with Crippen LogP contribution in [-0.4, -0.2) is 31.1 Å². The van der Waals surface area contributed by atoms with Gasteiger partial charge >= 0.3 is 0 Å². The summed E-state index contributed by atoms with van der Waals surface area (Å²) in [5.41, 5.74) is 0.799. The minimum atomic E-state index is -0.136. The smallest absolute Gasteiger partial charge is 0.227 e. The fraction of sp³-hybridized carbons (Fsp3) is 0.389. The molecule has 0 saturated heterocycles. The second-order valence-electron chi connectivity index (χ2n) is 5.83. The minimum Gasteiger partial charge on any atom is -0.489 e. The third kappa shape index (κ3) is 3.51. The Morgan fingerprint density at radius 3 is 2.88 bits per heavy atom. The van der Waals surface area contributed by atoms with Gasteiger partial charge in [0.1, 0.15) is 5.76 Å². The quantitative estimate of drug-likeness (QED) is 0.841. The van der Waals surface area contributed by atoms with E-state index >= 15 is 0 Å². The van der Waals surface area contributed by atoms with Gasteiger partial charge in [0.05, 0.1) is 37.0 Å². The maximum absolute atomic E-state index is 12.6. The summed E-state index contributed by atoms with van der Waals surface area (Å²) in [6, 6.07) is 7.13. The Bertz CT molecular complexity index is 714. The van der Waals surface area contributed by atoms with Crippen molar-refractivity contribution >= 4 is 17.5 Å². The maximum Gasteiger partial charge on any atom is 0.227 e. The SMILES string of the molecule is CC(c1ccco1)N(C)C(=O)Cc1cc(Cl)c2c(c1)OCCCO2. The van der Waals surface area contributed by atoms with E-state index in [1.54, 1.807) is 24.3 Å². The molecule has 0 bridgehead atoms. The molecule has 1 aliphatic rings. The first-order valence-corrected chi connectivity index (χ1v) is 8.31. The lowest BCUT2D eigenvalue weighted by Crippen LogP contribution is -2.30. The second kappa shape index (κ2) is 7.18. The predicted molar refractivity (Wildman–Crippen MR) is 90.7 cm³/mol. The van der Waals surface area contributed by atoms with Crippen molar-refractivity contribution in [2.75, 3.05) is 20.3 Å². The predicted octanol–water partition coefficient (Wildman–Crippen LogP) is 3.86. The monoisotopic (exact) mass is 349 g/mol. The van der Waals surface area contributed by atoms with E-state index in [1.165, 1.54) is 0 Å². The van der Waals surface area contributed by atoms with Crippen molar-refractivity contribution < 1.29 is 18.7 Å². The molecule has 5 nitrogen and oxygen atoms in total. The van der Waals surface area contributed by atoms with E-state index in [0.717, 1.165) is 17.7 Å². The highest BCUT2D eigenvalue weighted by Gasteiger charge is 2.21. The molecule has 6 heteroatoms. The van der Waals surface area contributed by atoms with Crippen LogP contribution in [0, 0.1) is 0 Å². The zero-order valence-electron chi connectivity index (χ0n) is 13.8. The number of hydrogen-bond acceptors (Lipinski definition) is 4. The van der Waals surface area contributed by atoms with Crippen molar-refractivity contribution in [2.45, 2.75) is 25.8 Å². The van der Waals surface area contributed by atoms with Gasteiger partial charge in [-0.25, -0.2) is 0 Å². The van der Waals surface area contributed by atoms with Crippen LogP contribution in [0.4, 0.5) is 0 Å². The normalized spacial score (nSPS) is 14.8. The maximum atomic E-state index is 12.6. The Balaban J connectivity index is 1.74. The summed E-state index contributed by atoms with van der Waals surface area (Å²) in [6.45, 7) is 3.09. The summed E-state index contributed by atoms with van der Waals surface area (Å²) >= 11 is 6.28. The van der Waals surface area contributed by atoms with Gasteiger partial charge in [-0.3, -0.25) is 4.79 Å². The third-order valence-corrected chi connectivity index (χ3v) is 4.43. The topological polar surface area (TPSA) is 51.9 Å². The summed E-state index contributed by atoms with van der Waals surface area (Å²) in [5, 5.41) is 0.471. The van der Waals surface area contributed by atoms with Crippen molar-refractivity contribution in [1.29, 1.82) is 0 Å². The highest BCUT2D eigenvalue weighted by atomic mass is 35.5. The fourth-order valence-electron chi connectivity index (χ4n) is 2.62. The Kier molecular flexibility index (Phi) is 5.00. The molecule has 2 aromatic rings. The number of furan rings is 1. The van der Waals surface area contributed by atoms with E-state index in [0.29, 0.717) is 29.7 Å². The van der Waals surface area contributed by atoms with Gasteiger partial charge in [-0.05, 0) is 36.8 Å². The fourth-order valence-corrected chi connectivity index (χ4v) is 2.91. The van der Waals surface area contributed by atoms with E-state index in [-0.39, 0.29) is 18.4 Å². The van der Waals surface area contributed by atoms with Crippen LogP contribution in [0.3, 0.4) is 0 Å². The van der Waals surface area contributed by atoms with Gasteiger partial charge in [-0.15, -0.1) is 0 Å². The van der Waals surface area contributed by atoms with Gasteiger partial charge in [-0.1, -0.05) is 11.6 Å². The van der Waals surface area contributed by atoms with Gasteiger partial charge in [-0.2, -0.15) is 0 Å². The molecule has 0 fully saturated rings. The van der Waals surface area contributed by atoms with Crippen LogP contribution >= 0.6 is 11.6 Å². The molecule has 2 heterocycles. The molecule has 1 amide bonds. The number of ether oxygens (including phenoxy) is 2. The number of fused-ring (bicyclic) bond motifs is 1. The lowest BCUT2D eigenvalue weighted by molar-refractivity contribution is -0.131. The standard InChI is InChI=1S/C18H20ClNO4/c1-12(15-5-3-6-22-15)20(2)17(21)11-13-9-14(19)18-16(10-13)23-7-4-8-24-18/h3,5-6,9-10,12H,4,7-8,11H2,1-2H3. The number of likely N-dealkylation sites (N-methyl/N-ethyl adjacent to an activating group) is 1. The number of benzene rings is 1. The highest BCUT2D eigenvalue weighted by molar-refractivity contribution is 6.32. The lowest BCUT2D eigenvalue weighted by atomic mass is 10.1. The van der Waals surface area contributed by atoms with Crippen molar-refractivity contribution in [3.8, 4) is 11.5 Å². The average Bonchev–Trinajstić information content (AvgIpc) is 2.99. The number of nitrogens with zero attached hydrogens (tertiary/aromatic N) is 1. The first-order chi connectivity index (χ1) is 11.6. The van der Waals surface area contributed by atoms with Crippen LogP contribution in [0.1, 0.15) is 30.7 Å². The molecular formula is C18H20ClNO4. The van der Waals surface area contributed by atoms with E-state index in [1.807, 2.05) is 25.1 Å². The van der Waals surface area contributed by atoms with Gasteiger partial charge in [0.15, 0.2) is 11.5 Å². The summed E-state index contributed by atoms with van der Waals surface area (Å²) in [7, 11) is 1.76. The number of hydrogen-bond donors (Lipinski definition) is 0. The van der Waals surface area contributed by atoms with E-state index < -0.39 is 0 Å². The van der Waals surface area contributed by atoms with Gasteiger partial charge in [0.2, 0.25) is 5.91 Å². The van der Waals surface area contributed by atoms with Crippen molar-refractivity contribution in [3.05, 3.63) is 46.9 Å². The second-order valence-corrected chi connectivity index (χ2v) is 6.24. The van der Waals surface area contributed by atoms with Crippen molar-refractivity contribution in [2.24, 2.45) is 0 Å². The van der Waals surface area contributed by atoms with Crippen LogP contribution in [0.15, 0.2) is 34.9 Å². The number of rotatable bonds is 4. The van der Waals surface area contributed by atoms with Crippen molar-refractivity contribution in [3.63, 3.8) is 0 Å². The molecule has 1 aromatic heterocycles. The summed E-state index contributed by atoms with van der Waals surface area (Å²) in [4.78, 5) is 14.2. The largest absolute Gasteiger partial charge is 0.489 e. The Morgan fingerprint density at radius 1 is 1.33 bits per heavy atom. The molecule has 1 aromatic carbocycles. The lowest BCUT2D eigenvalue weighted by Gasteiger charge is -2.23. The zero-order valence-corrected chi connectivity index (χ0v) is 14.5. The van der Waals surface area contributed by atoms with E-state index in [4.69, 9.17) is 25.5 Å². The first kappa shape index (κ1) is 16.7. The highest BCUT2D eigenvalue weighted by Crippen LogP contribution is 2.38. The summed E-state index contributed by atoms with van der Waals surface area (Å²) < 4.78 is 16.7. The molecule has 1 aliphatic heterocycles. The number of amides is 1. The van der Waals surface area contributed by atoms with Gasteiger partial charge < -0.3 is 18.8 Å². The van der Waals surface area contributed by atoms with Crippen LogP contribution in [0.25, 0.3) is 0 Å². The van der Waals surface area contributed by atoms with Gasteiger partial charge in [0, 0.05) is 13.5 Å². The molecule has 1 atom stereocenters. The molecule has 0 N–H and O–H groups in total. The summed E-state index contributed by atoms with van der Waals surface area (Å²) in [5.74, 6) is 1.89. The molecule has 0 aliphatic carbocycles. The molecule has 0 spiro atoms. The average molecular weight is 350 g/mol. The summed E-state index contributed by atoms with van der Waals surface area (Å²) in [6.07, 6.45) is 2.65.